The molecule has 1 rings (SSSR count). The Bertz CT molecular complexity index is 272. The van der Waals surface area contributed by atoms with E-state index in [4.69, 9.17) is 0 Å². The Balaban J connectivity index is 2.74. The first-order valence-electron chi connectivity index (χ1n) is 5.25. The van der Waals surface area contributed by atoms with Crippen molar-refractivity contribution < 1.29 is 4.58 Å². The van der Waals surface area contributed by atoms with Crippen LogP contribution in [0, 0.1) is 5.41 Å². The second-order valence-electron chi connectivity index (χ2n) is 4.92. The van der Waals surface area contributed by atoms with E-state index >= 15 is 0 Å². The molecule has 1 aliphatic heterocycles. The first-order valence-corrected chi connectivity index (χ1v) is 5.25. The molecule has 1 aliphatic rings. The van der Waals surface area contributed by atoms with Gasteiger partial charge in [0.05, 0.1) is 6.21 Å². The average Bonchev–Trinajstić information content (AvgIpc) is 2.01. The molecule has 0 spiro atoms. The number of nitrogens with zero attached hydrogens (tertiary/aromatic N) is 2. The summed E-state index contributed by atoms with van der Waals surface area (Å²) in [6, 6.07) is 0. The highest BCUT2D eigenvalue weighted by molar-refractivity contribution is 6.13. The highest BCUT2D eigenvalue weighted by atomic mass is 15.0. The number of allylic oxidation sites excluding steroid dienone is 1. The number of hydrogen-bond acceptors (Lipinski definition) is 1. The summed E-state index contributed by atoms with van der Waals surface area (Å²) in [7, 11) is 2.09. The fraction of sp³-hybridized carbons (Fsp3) is 0.667. The van der Waals surface area contributed by atoms with Crippen LogP contribution in [-0.4, -0.2) is 30.6 Å². The van der Waals surface area contributed by atoms with Gasteiger partial charge in [0.1, 0.15) is 13.6 Å². The molecule has 78 valence electrons. The zero-order valence-electron chi connectivity index (χ0n) is 9.58. The number of hydrogen-bond donors (Lipinski definition) is 0. The zero-order chi connectivity index (χ0) is 10.6. The SMILES string of the molecule is C=C1CC(C)(C)CCC/[N+](C)=C\C=N/1. The van der Waals surface area contributed by atoms with Crippen LogP contribution in [0.5, 0.6) is 0 Å². The van der Waals surface area contributed by atoms with E-state index in [0.717, 1.165) is 18.7 Å². The Morgan fingerprint density at radius 3 is 2.93 bits per heavy atom. The third-order valence-corrected chi connectivity index (χ3v) is 2.63. The summed E-state index contributed by atoms with van der Waals surface area (Å²) < 4.78 is 2.18. The van der Waals surface area contributed by atoms with E-state index < -0.39 is 0 Å². The maximum atomic E-state index is 4.31. The Kier molecular flexibility index (Phi) is 3.62. The molecule has 2 nitrogen and oxygen atoms in total. The summed E-state index contributed by atoms with van der Waals surface area (Å²) in [5.41, 5.74) is 1.33. The van der Waals surface area contributed by atoms with Gasteiger partial charge in [-0.1, -0.05) is 20.4 Å². The summed E-state index contributed by atoms with van der Waals surface area (Å²) >= 11 is 0. The molecule has 0 aliphatic carbocycles. The van der Waals surface area contributed by atoms with Gasteiger partial charge in [0.25, 0.3) is 0 Å². The molecule has 0 saturated carbocycles. The van der Waals surface area contributed by atoms with E-state index in [1.54, 1.807) is 0 Å². The van der Waals surface area contributed by atoms with E-state index in [2.05, 4.69) is 37.0 Å². The van der Waals surface area contributed by atoms with Crippen molar-refractivity contribution in [3.63, 3.8) is 0 Å². The van der Waals surface area contributed by atoms with E-state index in [9.17, 15) is 0 Å². The maximum Gasteiger partial charge on any atom is 0.181 e. The van der Waals surface area contributed by atoms with Gasteiger partial charge in [-0.25, -0.2) is 4.58 Å². The largest absolute Gasteiger partial charge is 0.256 e. The van der Waals surface area contributed by atoms with Gasteiger partial charge >= 0.3 is 0 Å². The second kappa shape index (κ2) is 4.54. The average molecular weight is 193 g/mol. The lowest BCUT2D eigenvalue weighted by Crippen LogP contribution is -2.17. The second-order valence-corrected chi connectivity index (χ2v) is 4.92. The molecular formula is C12H21N2+. The first-order chi connectivity index (χ1) is 6.49. The fourth-order valence-electron chi connectivity index (χ4n) is 1.82. The minimum Gasteiger partial charge on any atom is -0.256 e. The molecule has 0 unspecified atom stereocenters. The molecule has 0 saturated heterocycles. The molecule has 0 aromatic heterocycles. The first kappa shape index (κ1) is 11.2. The third kappa shape index (κ3) is 3.86. The lowest BCUT2D eigenvalue weighted by atomic mass is 9.83. The molecule has 0 bridgehead atoms. The molecule has 0 N–H and O–H groups in total. The smallest absolute Gasteiger partial charge is 0.181 e. The van der Waals surface area contributed by atoms with E-state index in [0.29, 0.717) is 5.41 Å². The number of rotatable bonds is 0. The van der Waals surface area contributed by atoms with Gasteiger partial charge in [-0.05, 0) is 18.3 Å². The maximum absolute atomic E-state index is 4.31. The van der Waals surface area contributed by atoms with Gasteiger partial charge in [-0.2, -0.15) is 0 Å². The molecule has 14 heavy (non-hydrogen) atoms. The zero-order valence-corrected chi connectivity index (χ0v) is 9.58. The summed E-state index contributed by atoms with van der Waals surface area (Å²) in [4.78, 5) is 4.31. The standard InChI is InChI=1S/C12H21N2/c1-11-10-12(2,3)6-5-8-14(4)9-7-13-11/h7,9H,1,5-6,8,10H2,2-4H3/q+1/b13-7-,14-9-. The lowest BCUT2D eigenvalue weighted by molar-refractivity contribution is -0.491. The predicted molar refractivity (Wildman–Crippen MR) is 62.4 cm³/mol. The van der Waals surface area contributed by atoms with Crippen LogP contribution >= 0.6 is 0 Å². The summed E-state index contributed by atoms with van der Waals surface area (Å²) in [5.74, 6) is 0. The van der Waals surface area contributed by atoms with Crippen molar-refractivity contribution in [3.05, 3.63) is 12.3 Å². The molecule has 0 atom stereocenters. The van der Waals surface area contributed by atoms with E-state index in [1.807, 2.05) is 12.4 Å². The molecule has 0 amide bonds. The normalized spacial score (nSPS) is 29.1. The van der Waals surface area contributed by atoms with Crippen molar-refractivity contribution in [1.82, 2.24) is 0 Å². The van der Waals surface area contributed by atoms with Gasteiger partial charge in [-0.3, -0.25) is 4.99 Å². The van der Waals surface area contributed by atoms with Crippen LogP contribution < -0.4 is 0 Å². The topological polar surface area (TPSA) is 15.4 Å². The molecule has 0 fully saturated rings. The molecule has 2 heteroatoms. The van der Waals surface area contributed by atoms with Gasteiger partial charge in [0.2, 0.25) is 0 Å². The summed E-state index contributed by atoms with van der Waals surface area (Å²) in [5, 5.41) is 0. The van der Waals surface area contributed by atoms with Crippen LogP contribution in [0.2, 0.25) is 0 Å². The summed E-state index contributed by atoms with van der Waals surface area (Å²) in [6.45, 7) is 9.67. The van der Waals surface area contributed by atoms with Gasteiger partial charge in [-0.15, -0.1) is 0 Å². The molecule has 0 aromatic rings. The Hall–Kier alpha value is -0.920. The predicted octanol–water partition coefficient (Wildman–Crippen LogP) is 2.49. The summed E-state index contributed by atoms with van der Waals surface area (Å²) in [6.07, 6.45) is 7.34. The van der Waals surface area contributed by atoms with Crippen molar-refractivity contribution in [3.8, 4) is 0 Å². The minimum atomic E-state index is 0.340. The van der Waals surface area contributed by atoms with E-state index in [-0.39, 0.29) is 0 Å². The van der Waals surface area contributed by atoms with Crippen LogP contribution in [0.15, 0.2) is 17.3 Å². The van der Waals surface area contributed by atoms with Crippen molar-refractivity contribution in [2.75, 3.05) is 13.6 Å². The van der Waals surface area contributed by atoms with Gasteiger partial charge < -0.3 is 0 Å². The van der Waals surface area contributed by atoms with Crippen molar-refractivity contribution in [2.45, 2.75) is 33.1 Å². The van der Waals surface area contributed by atoms with Crippen LogP contribution in [0.4, 0.5) is 0 Å². The van der Waals surface area contributed by atoms with E-state index in [1.165, 1.54) is 12.8 Å². The van der Waals surface area contributed by atoms with Crippen LogP contribution in [-0.2, 0) is 0 Å². The quantitative estimate of drug-likeness (QED) is 0.525. The molecular weight excluding hydrogens is 172 g/mol. The Morgan fingerprint density at radius 1 is 1.50 bits per heavy atom. The minimum absolute atomic E-state index is 0.340. The Morgan fingerprint density at radius 2 is 2.21 bits per heavy atom. The van der Waals surface area contributed by atoms with Crippen molar-refractivity contribution in [1.29, 1.82) is 0 Å². The van der Waals surface area contributed by atoms with Gasteiger partial charge in [0, 0.05) is 12.1 Å². The van der Waals surface area contributed by atoms with Gasteiger partial charge in [0.15, 0.2) is 6.21 Å². The monoisotopic (exact) mass is 193 g/mol. The van der Waals surface area contributed by atoms with Crippen molar-refractivity contribution >= 4 is 12.4 Å². The Labute approximate surface area is 87.1 Å². The van der Waals surface area contributed by atoms with Crippen LogP contribution in [0.1, 0.15) is 33.1 Å². The highest BCUT2D eigenvalue weighted by Gasteiger charge is 2.19. The molecule has 0 radical (unpaired) electrons. The highest BCUT2D eigenvalue weighted by Crippen LogP contribution is 2.30. The van der Waals surface area contributed by atoms with Crippen LogP contribution in [0.25, 0.3) is 0 Å². The molecule has 0 aromatic carbocycles. The molecule has 1 heterocycles. The van der Waals surface area contributed by atoms with Crippen molar-refractivity contribution in [2.24, 2.45) is 10.4 Å². The third-order valence-electron chi connectivity index (χ3n) is 2.63. The van der Waals surface area contributed by atoms with Crippen LogP contribution in [0.3, 0.4) is 0 Å². The fourth-order valence-corrected chi connectivity index (χ4v) is 1.82. The number of aliphatic imine (C=N–C) groups is 1. The lowest BCUT2D eigenvalue weighted by Gasteiger charge is -2.24.